The van der Waals surface area contributed by atoms with Gasteiger partial charge in [-0.15, -0.1) is 6.58 Å². The predicted octanol–water partition coefficient (Wildman–Crippen LogP) is 5.30. The molecule has 0 N–H and O–H groups in total. The van der Waals surface area contributed by atoms with Gasteiger partial charge in [0.15, 0.2) is 0 Å². The van der Waals surface area contributed by atoms with Gasteiger partial charge in [0, 0.05) is 23.2 Å². The number of thiocarbonyl (C=S) groups is 1. The van der Waals surface area contributed by atoms with Crippen LogP contribution in [0.15, 0.2) is 52.3 Å². The zero-order valence-electron chi connectivity index (χ0n) is 12.9. The number of aryl methyl sites for hydroxylation is 1. The topological polar surface area (TPSA) is 33.5 Å². The highest BCUT2D eigenvalue weighted by Gasteiger charge is 2.31. The average molecular weight is 376 g/mol. The van der Waals surface area contributed by atoms with Gasteiger partial charge in [0.1, 0.15) is 15.8 Å². The van der Waals surface area contributed by atoms with Crippen LogP contribution in [-0.4, -0.2) is 21.7 Å². The molecule has 0 aliphatic carbocycles. The first-order valence-corrected chi connectivity index (χ1v) is 8.82. The Hall–Kier alpha value is -1.82. The summed E-state index contributed by atoms with van der Waals surface area (Å²) in [4.78, 5) is 14.4. The minimum Gasteiger partial charge on any atom is -0.457 e. The SMILES string of the molecule is C=CCN1C(=O)C(=Cc2ccc(-c3ccc(C)c(Cl)c3)o2)SC1=S. The Bertz CT molecular complexity index is 870. The van der Waals surface area contributed by atoms with Crippen LogP contribution >= 0.6 is 35.6 Å². The summed E-state index contributed by atoms with van der Waals surface area (Å²) >= 11 is 12.6. The maximum absolute atomic E-state index is 12.3. The molecular weight excluding hydrogens is 362 g/mol. The molecule has 0 saturated carbocycles. The van der Waals surface area contributed by atoms with Gasteiger partial charge in [-0.1, -0.05) is 53.8 Å². The smallest absolute Gasteiger partial charge is 0.266 e. The van der Waals surface area contributed by atoms with Crippen molar-refractivity contribution in [2.75, 3.05) is 6.54 Å². The molecule has 1 aromatic carbocycles. The third-order valence-corrected chi connectivity index (χ3v) is 5.33. The van der Waals surface area contributed by atoms with E-state index in [0.717, 1.165) is 11.1 Å². The second kappa shape index (κ2) is 6.97. The Morgan fingerprint density at radius 2 is 2.17 bits per heavy atom. The fourth-order valence-corrected chi connectivity index (χ4v) is 3.68. The van der Waals surface area contributed by atoms with Crippen LogP contribution in [0.3, 0.4) is 0 Å². The number of nitrogens with zero attached hydrogens (tertiary/aromatic N) is 1. The van der Waals surface area contributed by atoms with E-state index < -0.39 is 0 Å². The van der Waals surface area contributed by atoms with Gasteiger partial charge in [-0.25, -0.2) is 0 Å². The molecule has 2 aromatic rings. The lowest BCUT2D eigenvalue weighted by molar-refractivity contribution is -0.121. The molecule has 0 atom stereocenters. The molecule has 1 aliphatic rings. The van der Waals surface area contributed by atoms with Crippen molar-refractivity contribution in [3.05, 3.63) is 64.2 Å². The quantitative estimate of drug-likeness (QED) is 0.412. The van der Waals surface area contributed by atoms with E-state index in [4.69, 9.17) is 28.2 Å². The summed E-state index contributed by atoms with van der Waals surface area (Å²) in [7, 11) is 0. The zero-order valence-corrected chi connectivity index (χ0v) is 15.3. The van der Waals surface area contributed by atoms with Crippen LogP contribution in [0.25, 0.3) is 17.4 Å². The Balaban J connectivity index is 1.86. The van der Waals surface area contributed by atoms with Crippen LogP contribution in [0.4, 0.5) is 0 Å². The van der Waals surface area contributed by atoms with Crippen LogP contribution < -0.4 is 0 Å². The van der Waals surface area contributed by atoms with Crippen molar-refractivity contribution in [2.45, 2.75) is 6.92 Å². The predicted molar refractivity (Wildman–Crippen MR) is 104 cm³/mol. The molecule has 3 rings (SSSR count). The largest absolute Gasteiger partial charge is 0.457 e. The number of benzene rings is 1. The minimum absolute atomic E-state index is 0.124. The summed E-state index contributed by atoms with van der Waals surface area (Å²) < 4.78 is 6.35. The molecule has 0 unspecified atom stereocenters. The summed E-state index contributed by atoms with van der Waals surface area (Å²) in [6, 6.07) is 9.44. The fourth-order valence-electron chi connectivity index (χ4n) is 2.25. The molecule has 1 saturated heterocycles. The number of hydrogen-bond acceptors (Lipinski definition) is 4. The van der Waals surface area contributed by atoms with E-state index in [1.165, 1.54) is 16.7 Å². The van der Waals surface area contributed by atoms with Gasteiger partial charge in [0.2, 0.25) is 0 Å². The van der Waals surface area contributed by atoms with Crippen molar-refractivity contribution in [1.29, 1.82) is 0 Å². The number of rotatable bonds is 4. The van der Waals surface area contributed by atoms with Gasteiger partial charge < -0.3 is 4.42 Å². The normalized spacial score (nSPS) is 16.2. The maximum Gasteiger partial charge on any atom is 0.266 e. The molecule has 1 amide bonds. The summed E-state index contributed by atoms with van der Waals surface area (Å²) in [6.45, 7) is 6.00. The van der Waals surface area contributed by atoms with Crippen LogP contribution in [0.2, 0.25) is 5.02 Å². The van der Waals surface area contributed by atoms with Gasteiger partial charge in [-0.2, -0.15) is 0 Å². The monoisotopic (exact) mass is 375 g/mol. The molecule has 2 heterocycles. The number of hydrogen-bond donors (Lipinski definition) is 0. The minimum atomic E-state index is -0.124. The van der Waals surface area contributed by atoms with Crippen molar-refractivity contribution < 1.29 is 9.21 Å². The maximum atomic E-state index is 12.3. The first kappa shape index (κ1) is 17.0. The molecule has 1 aromatic heterocycles. The van der Waals surface area contributed by atoms with E-state index in [9.17, 15) is 4.79 Å². The van der Waals surface area contributed by atoms with Crippen LogP contribution in [-0.2, 0) is 4.79 Å². The zero-order chi connectivity index (χ0) is 17.3. The van der Waals surface area contributed by atoms with Gasteiger partial charge >= 0.3 is 0 Å². The van der Waals surface area contributed by atoms with Crippen LogP contribution in [0, 0.1) is 6.92 Å². The highest BCUT2D eigenvalue weighted by Crippen LogP contribution is 2.34. The lowest BCUT2D eigenvalue weighted by Gasteiger charge is -2.10. The molecule has 0 bridgehead atoms. The van der Waals surface area contributed by atoms with Gasteiger partial charge in [-0.05, 0) is 30.7 Å². The molecular formula is C18H14ClNO2S2. The van der Waals surface area contributed by atoms with Gasteiger partial charge in [0.05, 0.1) is 4.91 Å². The number of thioether (sulfide) groups is 1. The summed E-state index contributed by atoms with van der Waals surface area (Å²) in [6.07, 6.45) is 3.36. The van der Waals surface area contributed by atoms with Gasteiger partial charge in [0.25, 0.3) is 5.91 Å². The fraction of sp³-hybridized carbons (Fsp3) is 0.111. The van der Waals surface area contributed by atoms with E-state index >= 15 is 0 Å². The third kappa shape index (κ3) is 3.34. The van der Waals surface area contributed by atoms with Crippen LogP contribution in [0.1, 0.15) is 11.3 Å². The molecule has 1 aliphatic heterocycles. The lowest BCUT2D eigenvalue weighted by Crippen LogP contribution is -2.27. The highest BCUT2D eigenvalue weighted by atomic mass is 35.5. The van der Waals surface area contributed by atoms with E-state index in [-0.39, 0.29) is 5.91 Å². The summed E-state index contributed by atoms with van der Waals surface area (Å²) in [5.41, 5.74) is 1.91. The molecule has 0 radical (unpaired) electrons. The molecule has 3 nitrogen and oxygen atoms in total. The van der Waals surface area contributed by atoms with Crippen molar-refractivity contribution in [3.63, 3.8) is 0 Å². The van der Waals surface area contributed by atoms with E-state index in [0.29, 0.717) is 32.3 Å². The summed E-state index contributed by atoms with van der Waals surface area (Å²) in [5, 5.41) is 0.691. The lowest BCUT2D eigenvalue weighted by atomic mass is 10.1. The standard InChI is InChI=1S/C18H14ClNO2S2/c1-3-8-20-17(21)16(24-18(20)23)10-13-6-7-15(22-13)12-5-4-11(2)14(19)9-12/h3-7,9-10H,1,8H2,2H3. The number of amides is 1. The first-order chi connectivity index (χ1) is 11.5. The third-order valence-electron chi connectivity index (χ3n) is 3.54. The second-order valence-electron chi connectivity index (χ2n) is 5.25. The highest BCUT2D eigenvalue weighted by molar-refractivity contribution is 8.26. The Morgan fingerprint density at radius 1 is 1.38 bits per heavy atom. The Kier molecular flexibility index (Phi) is 4.94. The van der Waals surface area contributed by atoms with Crippen molar-refractivity contribution in [2.24, 2.45) is 0 Å². The molecule has 1 fully saturated rings. The second-order valence-corrected chi connectivity index (χ2v) is 7.33. The molecule has 0 spiro atoms. The van der Waals surface area contributed by atoms with Crippen molar-refractivity contribution >= 4 is 51.9 Å². The van der Waals surface area contributed by atoms with E-state index in [1.54, 1.807) is 12.2 Å². The summed E-state index contributed by atoms with van der Waals surface area (Å²) in [5.74, 6) is 1.17. The van der Waals surface area contributed by atoms with E-state index in [1.807, 2.05) is 37.3 Å². The number of carbonyl (C=O) groups excluding carboxylic acids is 1. The Labute approximate surface area is 155 Å². The number of furan rings is 1. The van der Waals surface area contributed by atoms with Crippen LogP contribution in [0.5, 0.6) is 0 Å². The van der Waals surface area contributed by atoms with Crippen molar-refractivity contribution in [1.82, 2.24) is 4.90 Å². The first-order valence-electron chi connectivity index (χ1n) is 7.22. The Morgan fingerprint density at radius 3 is 2.88 bits per heavy atom. The number of halogens is 1. The molecule has 24 heavy (non-hydrogen) atoms. The molecule has 6 heteroatoms. The van der Waals surface area contributed by atoms with Crippen molar-refractivity contribution in [3.8, 4) is 11.3 Å². The average Bonchev–Trinajstić information content (AvgIpc) is 3.11. The molecule has 122 valence electrons. The van der Waals surface area contributed by atoms with Gasteiger partial charge in [-0.3, -0.25) is 9.69 Å². The number of carbonyl (C=O) groups is 1. The van der Waals surface area contributed by atoms with E-state index in [2.05, 4.69) is 6.58 Å².